The molecule has 0 unspecified atom stereocenters. The molecule has 2 aromatic rings. The zero-order valence-electron chi connectivity index (χ0n) is 12.8. The Labute approximate surface area is 135 Å². The lowest BCUT2D eigenvalue weighted by Gasteiger charge is -2.06. The maximum absolute atomic E-state index is 11.9. The van der Waals surface area contributed by atoms with E-state index in [0.29, 0.717) is 17.0 Å². The molecule has 6 nitrogen and oxygen atoms in total. The number of hydrogen-bond acceptors (Lipinski definition) is 4. The topological polar surface area (TPSA) is 87.6 Å². The van der Waals surface area contributed by atoms with Gasteiger partial charge in [0.05, 0.1) is 12.0 Å². The van der Waals surface area contributed by atoms with Crippen molar-refractivity contribution in [2.75, 3.05) is 11.0 Å². The normalized spacial score (nSPS) is 11.8. The van der Waals surface area contributed by atoms with E-state index < -0.39 is 10.0 Å². The maximum Gasteiger partial charge on any atom is 0.271 e. The van der Waals surface area contributed by atoms with Crippen LogP contribution >= 0.6 is 0 Å². The minimum atomic E-state index is -3.30. The summed E-state index contributed by atoms with van der Waals surface area (Å²) in [4.78, 5) is 11.9. The van der Waals surface area contributed by atoms with Crippen LogP contribution in [0.4, 0.5) is 5.69 Å². The predicted octanol–water partition coefficient (Wildman–Crippen LogP) is 2.21. The Morgan fingerprint density at radius 3 is 2.13 bits per heavy atom. The second kappa shape index (κ2) is 7.06. The molecule has 0 aromatic heterocycles. The fourth-order valence-corrected chi connectivity index (χ4v) is 2.41. The first-order valence-corrected chi connectivity index (χ1v) is 8.72. The molecule has 0 bridgehead atoms. The van der Waals surface area contributed by atoms with Crippen LogP contribution in [0.1, 0.15) is 22.8 Å². The maximum atomic E-state index is 11.9. The Morgan fingerprint density at radius 1 is 0.957 bits per heavy atom. The fraction of sp³-hybridized carbons (Fsp3) is 0.125. The highest BCUT2D eigenvalue weighted by Gasteiger charge is 2.05. The fourth-order valence-electron chi connectivity index (χ4n) is 1.85. The van der Waals surface area contributed by atoms with Crippen molar-refractivity contribution >= 4 is 27.3 Å². The molecule has 0 aliphatic rings. The SMILES string of the molecule is CC(=NNC(=O)c1ccccc1)c1ccc(NS(C)(=O)=O)cc1. The lowest BCUT2D eigenvalue weighted by molar-refractivity contribution is 0.0955. The van der Waals surface area contributed by atoms with Gasteiger partial charge in [0.1, 0.15) is 0 Å². The zero-order valence-corrected chi connectivity index (χ0v) is 13.6. The van der Waals surface area contributed by atoms with Gasteiger partial charge < -0.3 is 0 Å². The van der Waals surface area contributed by atoms with Crippen LogP contribution in [-0.4, -0.2) is 26.3 Å². The smallest absolute Gasteiger partial charge is 0.271 e. The van der Waals surface area contributed by atoms with Gasteiger partial charge in [-0.15, -0.1) is 0 Å². The molecule has 120 valence electrons. The van der Waals surface area contributed by atoms with Crippen molar-refractivity contribution in [3.05, 3.63) is 65.7 Å². The number of nitrogens with zero attached hydrogens (tertiary/aromatic N) is 1. The standard InChI is InChI=1S/C16H17N3O3S/c1-12(17-18-16(20)14-6-4-3-5-7-14)13-8-10-15(11-9-13)19-23(2,21)22/h3-11,19H,1-2H3,(H,18,20). The largest absolute Gasteiger partial charge is 0.284 e. The van der Waals surface area contributed by atoms with E-state index in [0.717, 1.165) is 11.8 Å². The highest BCUT2D eigenvalue weighted by molar-refractivity contribution is 7.92. The molecule has 2 rings (SSSR count). The molecular weight excluding hydrogens is 314 g/mol. The summed E-state index contributed by atoms with van der Waals surface area (Å²) in [7, 11) is -3.30. The minimum Gasteiger partial charge on any atom is -0.284 e. The molecule has 2 aromatic carbocycles. The summed E-state index contributed by atoms with van der Waals surface area (Å²) in [5.74, 6) is -0.291. The van der Waals surface area contributed by atoms with E-state index >= 15 is 0 Å². The van der Waals surface area contributed by atoms with E-state index in [4.69, 9.17) is 0 Å². The summed E-state index contributed by atoms with van der Waals surface area (Å²) in [6.07, 6.45) is 1.09. The van der Waals surface area contributed by atoms with E-state index in [1.807, 2.05) is 6.07 Å². The molecule has 0 spiro atoms. The molecule has 1 amide bonds. The Kier molecular flexibility index (Phi) is 5.13. The highest BCUT2D eigenvalue weighted by Crippen LogP contribution is 2.11. The van der Waals surface area contributed by atoms with E-state index in [1.165, 1.54) is 0 Å². The molecule has 0 heterocycles. The number of hydrogen-bond donors (Lipinski definition) is 2. The van der Waals surface area contributed by atoms with Crippen LogP contribution in [0.2, 0.25) is 0 Å². The second-order valence-electron chi connectivity index (χ2n) is 4.96. The monoisotopic (exact) mass is 331 g/mol. The van der Waals surface area contributed by atoms with Crippen molar-refractivity contribution in [2.45, 2.75) is 6.92 Å². The van der Waals surface area contributed by atoms with Crippen LogP contribution in [0.25, 0.3) is 0 Å². The van der Waals surface area contributed by atoms with Crippen molar-refractivity contribution in [3.63, 3.8) is 0 Å². The zero-order chi connectivity index (χ0) is 16.9. The third kappa shape index (κ3) is 5.23. The van der Waals surface area contributed by atoms with Crippen molar-refractivity contribution in [1.29, 1.82) is 0 Å². The van der Waals surface area contributed by atoms with Crippen molar-refractivity contribution in [1.82, 2.24) is 5.43 Å². The summed E-state index contributed by atoms with van der Waals surface area (Å²) in [5.41, 5.74) is 4.87. The number of amides is 1. The summed E-state index contributed by atoms with van der Waals surface area (Å²) in [6, 6.07) is 15.5. The van der Waals surface area contributed by atoms with Gasteiger partial charge in [0.2, 0.25) is 10.0 Å². The van der Waals surface area contributed by atoms with E-state index in [1.54, 1.807) is 55.5 Å². The Bertz CT molecular complexity index is 813. The Morgan fingerprint density at radius 2 is 1.57 bits per heavy atom. The van der Waals surface area contributed by atoms with Gasteiger partial charge in [-0.25, -0.2) is 13.8 Å². The number of nitrogens with one attached hydrogen (secondary N) is 2. The highest BCUT2D eigenvalue weighted by atomic mass is 32.2. The number of carbonyl (C=O) groups is 1. The van der Waals surface area contributed by atoms with Gasteiger partial charge in [0.15, 0.2) is 0 Å². The van der Waals surface area contributed by atoms with Gasteiger partial charge in [0.25, 0.3) is 5.91 Å². The molecule has 0 aliphatic heterocycles. The van der Waals surface area contributed by atoms with E-state index in [2.05, 4.69) is 15.2 Å². The summed E-state index contributed by atoms with van der Waals surface area (Å²) >= 11 is 0. The molecular formula is C16H17N3O3S. The quantitative estimate of drug-likeness (QED) is 0.650. The molecule has 0 aliphatic carbocycles. The number of rotatable bonds is 5. The minimum absolute atomic E-state index is 0.291. The van der Waals surface area contributed by atoms with E-state index in [-0.39, 0.29) is 5.91 Å². The van der Waals surface area contributed by atoms with Gasteiger partial charge in [-0.05, 0) is 36.8 Å². The third-order valence-electron chi connectivity index (χ3n) is 2.97. The number of hydrazone groups is 1. The molecule has 0 saturated heterocycles. The lowest BCUT2D eigenvalue weighted by Crippen LogP contribution is -2.19. The average Bonchev–Trinajstić information content (AvgIpc) is 2.52. The van der Waals surface area contributed by atoms with Gasteiger partial charge >= 0.3 is 0 Å². The molecule has 0 fully saturated rings. The molecule has 7 heteroatoms. The van der Waals surface area contributed by atoms with Crippen molar-refractivity contribution < 1.29 is 13.2 Å². The van der Waals surface area contributed by atoms with Crippen LogP contribution in [0.3, 0.4) is 0 Å². The number of benzene rings is 2. The van der Waals surface area contributed by atoms with Gasteiger partial charge in [-0.3, -0.25) is 9.52 Å². The molecule has 2 N–H and O–H groups in total. The number of carbonyl (C=O) groups excluding carboxylic acids is 1. The van der Waals surface area contributed by atoms with Crippen LogP contribution < -0.4 is 10.1 Å². The second-order valence-corrected chi connectivity index (χ2v) is 6.70. The van der Waals surface area contributed by atoms with Gasteiger partial charge in [-0.1, -0.05) is 30.3 Å². The predicted molar refractivity (Wildman–Crippen MR) is 91.0 cm³/mol. The van der Waals surface area contributed by atoms with Crippen molar-refractivity contribution in [2.24, 2.45) is 5.10 Å². The molecule has 0 saturated carbocycles. The van der Waals surface area contributed by atoms with Crippen LogP contribution in [0.15, 0.2) is 59.7 Å². The first-order valence-electron chi connectivity index (χ1n) is 6.83. The summed E-state index contributed by atoms with van der Waals surface area (Å²) in [6.45, 7) is 1.75. The Balaban J connectivity index is 2.05. The van der Waals surface area contributed by atoms with Crippen LogP contribution in [0.5, 0.6) is 0 Å². The average molecular weight is 331 g/mol. The molecule has 23 heavy (non-hydrogen) atoms. The van der Waals surface area contributed by atoms with Gasteiger partial charge in [-0.2, -0.15) is 5.10 Å². The first kappa shape index (κ1) is 16.7. The van der Waals surface area contributed by atoms with Crippen molar-refractivity contribution in [3.8, 4) is 0 Å². The van der Waals surface area contributed by atoms with Gasteiger partial charge in [0, 0.05) is 11.3 Å². The first-order chi connectivity index (χ1) is 10.8. The molecule has 0 atom stereocenters. The summed E-state index contributed by atoms with van der Waals surface area (Å²) < 4.78 is 24.7. The Hall–Kier alpha value is -2.67. The summed E-state index contributed by atoms with van der Waals surface area (Å²) in [5, 5.41) is 4.05. The number of anilines is 1. The third-order valence-corrected chi connectivity index (χ3v) is 3.57. The van der Waals surface area contributed by atoms with Crippen LogP contribution in [-0.2, 0) is 10.0 Å². The van der Waals surface area contributed by atoms with E-state index in [9.17, 15) is 13.2 Å². The van der Waals surface area contributed by atoms with Crippen LogP contribution in [0, 0.1) is 0 Å². The molecule has 0 radical (unpaired) electrons. The number of sulfonamides is 1. The lowest BCUT2D eigenvalue weighted by atomic mass is 10.1.